The van der Waals surface area contributed by atoms with Crippen LogP contribution in [-0.2, 0) is 5.75 Å². The molecule has 0 aliphatic heterocycles. The molecule has 0 radical (unpaired) electrons. The molecular formula is C17H18INOS. The van der Waals surface area contributed by atoms with Gasteiger partial charge in [-0.3, -0.25) is 4.79 Å². The Bertz CT molecular complexity index is 598. The first-order chi connectivity index (χ1) is 10.2. The van der Waals surface area contributed by atoms with Crippen LogP contribution in [0, 0.1) is 10.5 Å². The molecule has 0 saturated heterocycles. The average molecular weight is 411 g/mol. The number of amides is 1. The van der Waals surface area contributed by atoms with Gasteiger partial charge in [0.05, 0.1) is 5.56 Å². The Hall–Kier alpha value is -1.01. The summed E-state index contributed by atoms with van der Waals surface area (Å²) in [4.78, 5) is 12.0. The van der Waals surface area contributed by atoms with E-state index >= 15 is 0 Å². The monoisotopic (exact) mass is 411 g/mol. The Morgan fingerprint density at radius 1 is 1.14 bits per heavy atom. The van der Waals surface area contributed by atoms with Crippen molar-refractivity contribution in [2.24, 2.45) is 0 Å². The molecule has 0 spiro atoms. The minimum atomic E-state index is 0.0101. The van der Waals surface area contributed by atoms with Crippen LogP contribution in [0.5, 0.6) is 0 Å². The van der Waals surface area contributed by atoms with Crippen LogP contribution in [-0.4, -0.2) is 18.2 Å². The summed E-state index contributed by atoms with van der Waals surface area (Å²) in [6.45, 7) is 2.79. The second-order valence-electron chi connectivity index (χ2n) is 4.77. The number of aryl methyl sites for hydroxylation is 1. The van der Waals surface area contributed by atoms with Crippen molar-refractivity contribution in [2.75, 3.05) is 12.3 Å². The van der Waals surface area contributed by atoms with Gasteiger partial charge in [-0.15, -0.1) is 0 Å². The number of rotatable bonds is 6. The molecule has 21 heavy (non-hydrogen) atoms. The molecule has 0 bridgehead atoms. The van der Waals surface area contributed by atoms with E-state index in [4.69, 9.17) is 0 Å². The van der Waals surface area contributed by atoms with Gasteiger partial charge in [0.1, 0.15) is 0 Å². The van der Waals surface area contributed by atoms with Gasteiger partial charge < -0.3 is 5.32 Å². The molecule has 0 atom stereocenters. The highest BCUT2D eigenvalue weighted by molar-refractivity contribution is 14.1. The summed E-state index contributed by atoms with van der Waals surface area (Å²) in [5.41, 5.74) is 3.37. The van der Waals surface area contributed by atoms with Crippen LogP contribution in [0.2, 0.25) is 0 Å². The molecule has 0 aliphatic carbocycles. The minimum Gasteiger partial charge on any atom is -0.351 e. The molecule has 0 unspecified atom stereocenters. The predicted octanol–water partition coefficient (Wildman–Crippen LogP) is 4.26. The molecule has 1 N–H and O–H groups in total. The molecule has 0 aliphatic rings. The zero-order valence-corrected chi connectivity index (χ0v) is 14.9. The molecular weight excluding hydrogens is 393 g/mol. The van der Waals surface area contributed by atoms with E-state index < -0.39 is 0 Å². The number of hydrogen-bond donors (Lipinski definition) is 1. The number of carbonyl (C=O) groups excluding carboxylic acids is 1. The largest absolute Gasteiger partial charge is 0.351 e. The highest BCUT2D eigenvalue weighted by Gasteiger charge is 2.07. The van der Waals surface area contributed by atoms with E-state index in [1.54, 1.807) is 0 Å². The third kappa shape index (κ3) is 5.36. The lowest BCUT2D eigenvalue weighted by atomic mass is 10.2. The van der Waals surface area contributed by atoms with Gasteiger partial charge in [0.2, 0.25) is 0 Å². The van der Waals surface area contributed by atoms with Gasteiger partial charge in [0.15, 0.2) is 0 Å². The van der Waals surface area contributed by atoms with Crippen molar-refractivity contribution in [3.63, 3.8) is 0 Å². The molecule has 2 rings (SSSR count). The molecule has 2 aromatic carbocycles. The van der Waals surface area contributed by atoms with E-state index in [1.165, 1.54) is 11.1 Å². The molecule has 110 valence electrons. The highest BCUT2D eigenvalue weighted by Crippen LogP contribution is 2.13. The number of halogens is 1. The second-order valence-corrected chi connectivity index (χ2v) is 7.04. The van der Waals surface area contributed by atoms with E-state index in [2.05, 4.69) is 59.1 Å². The summed E-state index contributed by atoms with van der Waals surface area (Å²) in [5, 5.41) is 2.97. The van der Waals surface area contributed by atoms with Crippen LogP contribution in [0.4, 0.5) is 0 Å². The number of carbonyl (C=O) groups is 1. The third-order valence-electron chi connectivity index (χ3n) is 3.04. The minimum absolute atomic E-state index is 0.0101. The Labute approximate surface area is 143 Å². The summed E-state index contributed by atoms with van der Waals surface area (Å²) in [7, 11) is 0. The smallest absolute Gasteiger partial charge is 0.252 e. The second kappa shape index (κ2) is 8.44. The van der Waals surface area contributed by atoms with Crippen molar-refractivity contribution in [3.05, 3.63) is 68.8 Å². The van der Waals surface area contributed by atoms with Crippen molar-refractivity contribution in [1.82, 2.24) is 5.32 Å². The molecule has 0 heterocycles. The fourth-order valence-electron chi connectivity index (χ4n) is 1.85. The summed E-state index contributed by atoms with van der Waals surface area (Å²) >= 11 is 4.03. The van der Waals surface area contributed by atoms with Crippen LogP contribution >= 0.6 is 34.4 Å². The standard InChI is InChI=1S/C17H18INOS/c1-13-6-8-14(9-7-13)12-21-11-10-19-17(20)15-4-2-3-5-16(15)18/h2-9H,10-12H2,1H3,(H,19,20). The van der Waals surface area contributed by atoms with Crippen LogP contribution in [0.1, 0.15) is 21.5 Å². The maximum Gasteiger partial charge on any atom is 0.252 e. The first-order valence-corrected chi connectivity index (χ1v) is 9.06. The van der Waals surface area contributed by atoms with Crippen LogP contribution in [0.25, 0.3) is 0 Å². The van der Waals surface area contributed by atoms with E-state index in [0.717, 1.165) is 20.6 Å². The molecule has 0 saturated carbocycles. The maximum absolute atomic E-state index is 12.0. The van der Waals surface area contributed by atoms with Crippen LogP contribution in [0.15, 0.2) is 48.5 Å². The SMILES string of the molecule is Cc1ccc(CSCCNC(=O)c2ccccc2I)cc1. The summed E-state index contributed by atoms with van der Waals surface area (Å²) < 4.78 is 0.986. The van der Waals surface area contributed by atoms with E-state index in [9.17, 15) is 4.79 Å². The zero-order chi connectivity index (χ0) is 15.1. The average Bonchev–Trinajstić information content (AvgIpc) is 2.49. The first kappa shape index (κ1) is 16.4. The van der Waals surface area contributed by atoms with E-state index in [-0.39, 0.29) is 5.91 Å². The fraction of sp³-hybridized carbons (Fsp3) is 0.235. The molecule has 0 aromatic heterocycles. The van der Waals surface area contributed by atoms with Gasteiger partial charge >= 0.3 is 0 Å². The quantitative estimate of drug-likeness (QED) is 0.569. The lowest BCUT2D eigenvalue weighted by Gasteiger charge is -2.07. The molecule has 1 amide bonds. The zero-order valence-electron chi connectivity index (χ0n) is 11.9. The van der Waals surface area contributed by atoms with Gasteiger partial charge in [-0.05, 0) is 47.2 Å². The highest BCUT2D eigenvalue weighted by atomic mass is 127. The van der Waals surface area contributed by atoms with Crippen molar-refractivity contribution in [1.29, 1.82) is 0 Å². The number of benzene rings is 2. The topological polar surface area (TPSA) is 29.1 Å². The van der Waals surface area contributed by atoms with Crippen LogP contribution in [0.3, 0.4) is 0 Å². The van der Waals surface area contributed by atoms with Gasteiger partial charge in [0, 0.05) is 21.6 Å². The molecule has 0 fully saturated rings. The van der Waals surface area contributed by atoms with Crippen LogP contribution < -0.4 is 5.32 Å². The Morgan fingerprint density at radius 3 is 2.57 bits per heavy atom. The molecule has 4 heteroatoms. The van der Waals surface area contributed by atoms with Crippen molar-refractivity contribution in [2.45, 2.75) is 12.7 Å². The number of hydrogen-bond acceptors (Lipinski definition) is 2. The van der Waals surface area contributed by atoms with E-state index in [1.807, 2.05) is 36.0 Å². The number of nitrogens with one attached hydrogen (secondary N) is 1. The lowest BCUT2D eigenvalue weighted by Crippen LogP contribution is -2.26. The van der Waals surface area contributed by atoms with Gasteiger partial charge in [0.25, 0.3) is 5.91 Å². The summed E-state index contributed by atoms with van der Waals surface area (Å²) in [6.07, 6.45) is 0. The van der Waals surface area contributed by atoms with E-state index in [0.29, 0.717) is 6.54 Å². The predicted molar refractivity (Wildman–Crippen MR) is 98.8 cm³/mol. The Kier molecular flexibility index (Phi) is 6.57. The van der Waals surface area contributed by atoms with Gasteiger partial charge in [-0.2, -0.15) is 11.8 Å². The molecule has 2 nitrogen and oxygen atoms in total. The Morgan fingerprint density at radius 2 is 1.86 bits per heavy atom. The number of thioether (sulfide) groups is 1. The Balaban J connectivity index is 1.69. The van der Waals surface area contributed by atoms with Crippen molar-refractivity contribution in [3.8, 4) is 0 Å². The third-order valence-corrected chi connectivity index (χ3v) is 5.01. The van der Waals surface area contributed by atoms with Crippen molar-refractivity contribution < 1.29 is 4.79 Å². The fourth-order valence-corrected chi connectivity index (χ4v) is 3.30. The lowest BCUT2D eigenvalue weighted by molar-refractivity contribution is 0.0955. The van der Waals surface area contributed by atoms with Gasteiger partial charge in [-0.1, -0.05) is 42.0 Å². The maximum atomic E-state index is 12.0. The molecule has 2 aromatic rings. The summed E-state index contributed by atoms with van der Waals surface area (Å²) in [6, 6.07) is 16.2. The van der Waals surface area contributed by atoms with Gasteiger partial charge in [-0.25, -0.2) is 0 Å². The summed E-state index contributed by atoms with van der Waals surface area (Å²) in [5.74, 6) is 1.91. The normalized spacial score (nSPS) is 10.4. The first-order valence-electron chi connectivity index (χ1n) is 6.83. The van der Waals surface area contributed by atoms with Crippen molar-refractivity contribution >= 4 is 40.3 Å².